The quantitative estimate of drug-likeness (QED) is 0.676. The molecule has 0 saturated heterocycles. The molecule has 5 heteroatoms. The summed E-state index contributed by atoms with van der Waals surface area (Å²) in [5.74, 6) is -0.833. The molecule has 1 aromatic carbocycles. The molecule has 0 saturated carbocycles. The number of ether oxygens (including phenoxy) is 1. The molecule has 0 spiro atoms. The number of esters is 1. The van der Waals surface area contributed by atoms with Gasteiger partial charge in [0.05, 0.1) is 6.10 Å². The minimum atomic E-state index is -1.64. The van der Waals surface area contributed by atoms with Gasteiger partial charge in [-0.1, -0.05) is 12.1 Å². The highest BCUT2D eigenvalue weighted by atomic mass is 16.6. The van der Waals surface area contributed by atoms with Crippen molar-refractivity contribution in [2.75, 3.05) is 0 Å². The van der Waals surface area contributed by atoms with Crippen LogP contribution < -0.4 is 0 Å². The van der Waals surface area contributed by atoms with Crippen molar-refractivity contribution in [3.05, 3.63) is 29.8 Å². The van der Waals surface area contributed by atoms with E-state index in [0.29, 0.717) is 5.56 Å². The summed E-state index contributed by atoms with van der Waals surface area (Å²) < 4.78 is 4.78. The van der Waals surface area contributed by atoms with Crippen molar-refractivity contribution in [1.29, 1.82) is 0 Å². The summed E-state index contributed by atoms with van der Waals surface area (Å²) in [6.07, 6.45) is -3.37. The number of carbonyl (C=O) groups excluding carboxylic acids is 1. The minimum Gasteiger partial charge on any atom is -0.508 e. The van der Waals surface area contributed by atoms with E-state index >= 15 is 0 Å². The fourth-order valence-corrected chi connectivity index (χ4v) is 1.28. The van der Waals surface area contributed by atoms with Crippen LogP contribution >= 0.6 is 0 Å². The predicted octanol–water partition coefficient (Wildman–Crippen LogP) is 0.738. The van der Waals surface area contributed by atoms with E-state index < -0.39 is 18.2 Å². The monoisotopic (exact) mass is 240 g/mol. The van der Waals surface area contributed by atoms with Gasteiger partial charge in [0.25, 0.3) is 0 Å². The van der Waals surface area contributed by atoms with E-state index in [1.54, 1.807) is 13.8 Å². The van der Waals surface area contributed by atoms with Gasteiger partial charge in [-0.05, 0) is 31.5 Å². The van der Waals surface area contributed by atoms with Crippen molar-refractivity contribution >= 4 is 5.97 Å². The third kappa shape index (κ3) is 3.72. The number of benzene rings is 1. The molecule has 0 heterocycles. The number of aromatic hydroxyl groups is 1. The maximum atomic E-state index is 11.4. The maximum absolute atomic E-state index is 11.4. The van der Waals surface area contributed by atoms with Crippen LogP contribution in [-0.4, -0.2) is 33.5 Å². The molecule has 0 bridgehead atoms. The zero-order chi connectivity index (χ0) is 13.0. The smallest absolute Gasteiger partial charge is 0.338 e. The van der Waals surface area contributed by atoms with Crippen molar-refractivity contribution in [2.45, 2.75) is 32.2 Å². The highest BCUT2D eigenvalue weighted by Gasteiger charge is 2.27. The third-order valence-corrected chi connectivity index (χ3v) is 2.13. The molecule has 17 heavy (non-hydrogen) atoms. The van der Waals surface area contributed by atoms with Gasteiger partial charge in [-0.2, -0.15) is 0 Å². The van der Waals surface area contributed by atoms with Crippen LogP contribution in [0.1, 0.15) is 25.5 Å². The Hall–Kier alpha value is -1.59. The van der Waals surface area contributed by atoms with E-state index in [1.807, 2.05) is 0 Å². The molecular formula is C12H16O5. The molecule has 1 aromatic rings. The molecule has 0 radical (unpaired) electrons. The Morgan fingerprint density at radius 2 is 1.71 bits per heavy atom. The van der Waals surface area contributed by atoms with Gasteiger partial charge in [-0.25, -0.2) is 4.79 Å². The lowest BCUT2D eigenvalue weighted by molar-refractivity contribution is -0.163. The summed E-state index contributed by atoms with van der Waals surface area (Å²) in [6.45, 7) is 3.30. The van der Waals surface area contributed by atoms with Crippen molar-refractivity contribution in [3.8, 4) is 5.75 Å². The molecule has 0 aliphatic carbocycles. The number of rotatable bonds is 4. The van der Waals surface area contributed by atoms with Crippen molar-refractivity contribution < 1.29 is 24.9 Å². The van der Waals surface area contributed by atoms with Gasteiger partial charge in [0, 0.05) is 0 Å². The molecule has 3 N–H and O–H groups in total. The largest absolute Gasteiger partial charge is 0.508 e. The van der Waals surface area contributed by atoms with E-state index in [4.69, 9.17) is 9.84 Å². The second-order valence-corrected chi connectivity index (χ2v) is 3.97. The summed E-state index contributed by atoms with van der Waals surface area (Å²) in [6, 6.07) is 5.57. The van der Waals surface area contributed by atoms with E-state index in [9.17, 15) is 15.0 Å². The first kappa shape index (κ1) is 13.5. The summed E-state index contributed by atoms with van der Waals surface area (Å²) in [5, 5.41) is 28.4. The lowest BCUT2D eigenvalue weighted by Crippen LogP contribution is -2.31. The fraction of sp³-hybridized carbons (Fsp3) is 0.417. The second-order valence-electron chi connectivity index (χ2n) is 3.97. The first-order valence-electron chi connectivity index (χ1n) is 5.27. The normalized spacial score (nSPS) is 14.4. The highest BCUT2D eigenvalue weighted by molar-refractivity contribution is 5.75. The molecule has 94 valence electrons. The SMILES string of the molecule is CC(C)OC(=O)C(O)C(O)c1ccc(O)cc1. The van der Waals surface area contributed by atoms with Crippen LogP contribution in [-0.2, 0) is 9.53 Å². The second kappa shape index (κ2) is 5.65. The third-order valence-electron chi connectivity index (χ3n) is 2.13. The van der Waals surface area contributed by atoms with Gasteiger partial charge in [-0.3, -0.25) is 0 Å². The fourth-order valence-electron chi connectivity index (χ4n) is 1.28. The molecule has 1 rings (SSSR count). The number of aliphatic hydroxyl groups excluding tert-OH is 2. The Morgan fingerprint density at radius 3 is 2.18 bits per heavy atom. The van der Waals surface area contributed by atoms with Crippen LogP contribution in [0.4, 0.5) is 0 Å². The summed E-state index contributed by atoms with van der Waals surface area (Å²) in [7, 11) is 0. The molecule has 2 unspecified atom stereocenters. The Kier molecular flexibility index (Phi) is 4.48. The summed E-state index contributed by atoms with van der Waals surface area (Å²) >= 11 is 0. The highest BCUT2D eigenvalue weighted by Crippen LogP contribution is 2.20. The van der Waals surface area contributed by atoms with Gasteiger partial charge >= 0.3 is 5.97 Å². The molecule has 0 aromatic heterocycles. The minimum absolute atomic E-state index is 0.0418. The molecular weight excluding hydrogens is 224 g/mol. The molecule has 2 atom stereocenters. The predicted molar refractivity (Wildman–Crippen MR) is 60.3 cm³/mol. The van der Waals surface area contributed by atoms with Crippen molar-refractivity contribution in [3.63, 3.8) is 0 Å². The van der Waals surface area contributed by atoms with Gasteiger partial charge in [-0.15, -0.1) is 0 Å². The lowest BCUT2D eigenvalue weighted by atomic mass is 10.0. The molecule has 0 aliphatic heterocycles. The summed E-state index contributed by atoms with van der Waals surface area (Å²) in [4.78, 5) is 11.4. The first-order valence-corrected chi connectivity index (χ1v) is 5.27. The number of carbonyl (C=O) groups is 1. The average Bonchev–Trinajstić information content (AvgIpc) is 2.27. The Bertz CT molecular complexity index is 371. The molecule has 0 fully saturated rings. The molecule has 0 amide bonds. The van der Waals surface area contributed by atoms with Crippen LogP contribution in [0, 0.1) is 0 Å². The standard InChI is InChI=1S/C12H16O5/c1-7(2)17-12(16)11(15)10(14)8-3-5-9(13)6-4-8/h3-7,10-11,13-15H,1-2H3. The van der Waals surface area contributed by atoms with Crippen LogP contribution in [0.15, 0.2) is 24.3 Å². The van der Waals surface area contributed by atoms with Gasteiger partial charge in [0.1, 0.15) is 11.9 Å². The Labute approximate surface area is 99.3 Å². The Morgan fingerprint density at radius 1 is 1.18 bits per heavy atom. The van der Waals surface area contributed by atoms with Gasteiger partial charge < -0.3 is 20.1 Å². The van der Waals surface area contributed by atoms with Crippen LogP contribution in [0.3, 0.4) is 0 Å². The van der Waals surface area contributed by atoms with Crippen LogP contribution in [0.25, 0.3) is 0 Å². The molecule has 5 nitrogen and oxygen atoms in total. The number of aliphatic hydroxyl groups is 2. The number of hydrogen-bond acceptors (Lipinski definition) is 5. The Balaban J connectivity index is 2.72. The number of phenols is 1. The lowest BCUT2D eigenvalue weighted by Gasteiger charge is -2.18. The van der Waals surface area contributed by atoms with Gasteiger partial charge in [0.2, 0.25) is 0 Å². The number of hydrogen-bond donors (Lipinski definition) is 3. The van der Waals surface area contributed by atoms with Gasteiger partial charge in [0.15, 0.2) is 6.10 Å². The van der Waals surface area contributed by atoms with Crippen LogP contribution in [0.2, 0.25) is 0 Å². The first-order chi connectivity index (χ1) is 7.91. The molecule has 0 aliphatic rings. The zero-order valence-corrected chi connectivity index (χ0v) is 9.70. The summed E-state index contributed by atoms with van der Waals surface area (Å²) in [5.41, 5.74) is 0.330. The van der Waals surface area contributed by atoms with Crippen molar-refractivity contribution in [1.82, 2.24) is 0 Å². The van der Waals surface area contributed by atoms with Crippen molar-refractivity contribution in [2.24, 2.45) is 0 Å². The number of phenolic OH excluding ortho intramolecular Hbond substituents is 1. The average molecular weight is 240 g/mol. The van der Waals surface area contributed by atoms with Crippen LogP contribution in [0.5, 0.6) is 5.75 Å². The topological polar surface area (TPSA) is 87.0 Å². The van der Waals surface area contributed by atoms with E-state index in [0.717, 1.165) is 0 Å². The zero-order valence-electron chi connectivity index (χ0n) is 9.70. The van der Waals surface area contributed by atoms with E-state index in [-0.39, 0.29) is 11.9 Å². The van der Waals surface area contributed by atoms with E-state index in [1.165, 1.54) is 24.3 Å². The van der Waals surface area contributed by atoms with E-state index in [2.05, 4.69) is 0 Å². The maximum Gasteiger partial charge on any atom is 0.338 e.